The molecule has 1 nitrogen and oxygen atoms in total. The zero-order chi connectivity index (χ0) is 19.3. The van der Waals surface area contributed by atoms with E-state index in [1.807, 2.05) is 6.07 Å². The minimum absolute atomic E-state index is 0.455. The van der Waals surface area contributed by atoms with Crippen molar-refractivity contribution < 1.29 is 0 Å². The molecule has 28 heavy (non-hydrogen) atoms. The number of benzene rings is 1. The maximum absolute atomic E-state index is 9.37. The summed E-state index contributed by atoms with van der Waals surface area (Å²) in [6.45, 7) is 5.11. The Morgan fingerprint density at radius 3 is 2.71 bits per heavy atom. The lowest BCUT2D eigenvalue weighted by molar-refractivity contribution is -0.0149. The molecule has 4 aliphatic rings. The zero-order valence-electron chi connectivity index (χ0n) is 17.9. The van der Waals surface area contributed by atoms with E-state index < -0.39 is 0 Å². The van der Waals surface area contributed by atoms with Gasteiger partial charge in [-0.05, 0) is 109 Å². The summed E-state index contributed by atoms with van der Waals surface area (Å²) in [7, 11) is 0. The Morgan fingerprint density at radius 1 is 0.964 bits per heavy atom. The van der Waals surface area contributed by atoms with Crippen LogP contribution in [0.2, 0.25) is 0 Å². The fraction of sp³-hybridized carbons (Fsp3) is 0.741. The molecule has 0 amide bonds. The Morgan fingerprint density at radius 2 is 1.86 bits per heavy atom. The molecule has 0 bridgehead atoms. The van der Waals surface area contributed by atoms with Gasteiger partial charge in [-0.25, -0.2) is 0 Å². The first-order valence-corrected chi connectivity index (χ1v) is 12.1. The molecule has 0 aromatic heterocycles. The smallest absolute Gasteiger partial charge is 0.0991 e. The molecule has 7 unspecified atom stereocenters. The second-order valence-corrected chi connectivity index (χ2v) is 11.1. The Balaban J connectivity index is 1.42. The molecule has 4 saturated carbocycles. The second kappa shape index (κ2) is 7.19. The molecule has 4 fully saturated rings. The maximum atomic E-state index is 9.37. The monoisotopic (exact) mass is 375 g/mol. The molecule has 1 aromatic carbocycles. The molecule has 0 N–H and O–H groups in total. The van der Waals surface area contributed by atoms with Crippen LogP contribution in [0.15, 0.2) is 24.3 Å². The van der Waals surface area contributed by atoms with E-state index in [9.17, 15) is 5.26 Å². The predicted octanol–water partition coefficient (Wildman–Crippen LogP) is 7.32. The van der Waals surface area contributed by atoms with E-state index >= 15 is 0 Å². The molecule has 0 radical (unpaired) electrons. The standard InChI is InChI=1S/C27H37N/c1-18-9-10-22-20(15-18)6-4-8-24-23(22)13-14-27(2)25(11-12-26(24)27)21-7-3-5-19(16-21)17-28/h3,5,7,16,18,20,22-26H,4,6,8-15H2,1-2H3/t18?,20-,22?,23?,24?,25?,26?,27?/m0/s1. The quantitative estimate of drug-likeness (QED) is 0.504. The van der Waals surface area contributed by atoms with Gasteiger partial charge in [0.05, 0.1) is 11.6 Å². The topological polar surface area (TPSA) is 23.8 Å². The van der Waals surface area contributed by atoms with Gasteiger partial charge in [-0.2, -0.15) is 5.26 Å². The van der Waals surface area contributed by atoms with Gasteiger partial charge in [-0.15, -0.1) is 0 Å². The number of rotatable bonds is 1. The highest BCUT2D eigenvalue weighted by Crippen LogP contribution is 2.65. The van der Waals surface area contributed by atoms with Gasteiger partial charge in [-0.3, -0.25) is 0 Å². The van der Waals surface area contributed by atoms with Gasteiger partial charge in [0.25, 0.3) is 0 Å². The molecule has 150 valence electrons. The molecule has 4 aliphatic carbocycles. The number of nitriles is 1. The molecule has 1 heteroatoms. The summed E-state index contributed by atoms with van der Waals surface area (Å²) in [5.41, 5.74) is 2.74. The van der Waals surface area contributed by atoms with E-state index in [0.717, 1.165) is 41.1 Å². The summed E-state index contributed by atoms with van der Waals surface area (Å²) in [6, 6.07) is 10.9. The van der Waals surface area contributed by atoms with Crippen LogP contribution in [-0.2, 0) is 0 Å². The normalized spacial score (nSPS) is 45.2. The largest absolute Gasteiger partial charge is 0.192 e. The van der Waals surface area contributed by atoms with Gasteiger partial charge in [0.15, 0.2) is 0 Å². The lowest BCUT2D eigenvalue weighted by Gasteiger charge is -2.52. The third kappa shape index (κ3) is 2.94. The minimum Gasteiger partial charge on any atom is -0.192 e. The average molecular weight is 376 g/mol. The van der Waals surface area contributed by atoms with Gasteiger partial charge < -0.3 is 0 Å². The van der Waals surface area contributed by atoms with Crippen molar-refractivity contribution in [3.63, 3.8) is 0 Å². The van der Waals surface area contributed by atoms with Gasteiger partial charge in [0, 0.05) is 0 Å². The third-order valence-corrected chi connectivity index (χ3v) is 9.88. The predicted molar refractivity (Wildman–Crippen MR) is 115 cm³/mol. The van der Waals surface area contributed by atoms with E-state index in [4.69, 9.17) is 0 Å². The average Bonchev–Trinajstić information content (AvgIpc) is 2.95. The van der Waals surface area contributed by atoms with Crippen molar-refractivity contribution in [3.8, 4) is 6.07 Å². The first-order valence-electron chi connectivity index (χ1n) is 12.1. The molecule has 0 saturated heterocycles. The van der Waals surface area contributed by atoms with Crippen LogP contribution in [0, 0.1) is 52.3 Å². The van der Waals surface area contributed by atoms with Crippen LogP contribution >= 0.6 is 0 Å². The third-order valence-electron chi connectivity index (χ3n) is 9.88. The first-order chi connectivity index (χ1) is 13.6. The minimum atomic E-state index is 0.455. The van der Waals surface area contributed by atoms with Crippen molar-refractivity contribution in [2.45, 2.75) is 84.0 Å². The molecule has 0 spiro atoms. The second-order valence-electron chi connectivity index (χ2n) is 11.1. The van der Waals surface area contributed by atoms with Crippen molar-refractivity contribution in [1.82, 2.24) is 0 Å². The molecular weight excluding hydrogens is 338 g/mol. The highest BCUT2D eigenvalue weighted by molar-refractivity contribution is 5.36. The molecule has 5 rings (SSSR count). The van der Waals surface area contributed by atoms with Gasteiger partial charge in [-0.1, -0.05) is 45.2 Å². The summed E-state index contributed by atoms with van der Waals surface area (Å²) >= 11 is 0. The lowest BCUT2D eigenvalue weighted by atomic mass is 9.53. The summed E-state index contributed by atoms with van der Waals surface area (Å²) < 4.78 is 0. The van der Waals surface area contributed by atoms with Crippen molar-refractivity contribution in [3.05, 3.63) is 35.4 Å². The lowest BCUT2D eigenvalue weighted by Crippen LogP contribution is -2.44. The van der Waals surface area contributed by atoms with Crippen LogP contribution in [0.3, 0.4) is 0 Å². The molecule has 0 aliphatic heterocycles. The van der Waals surface area contributed by atoms with Gasteiger partial charge in [0.2, 0.25) is 0 Å². The number of fused-ring (bicyclic) bond motifs is 5. The summed E-state index contributed by atoms with van der Waals surface area (Å²) in [6.07, 6.45) is 14.7. The highest BCUT2D eigenvalue weighted by Gasteiger charge is 2.56. The van der Waals surface area contributed by atoms with Crippen LogP contribution in [0.5, 0.6) is 0 Å². The van der Waals surface area contributed by atoms with Crippen molar-refractivity contribution >= 4 is 0 Å². The Hall–Kier alpha value is -1.29. The van der Waals surface area contributed by atoms with Crippen LogP contribution in [0.25, 0.3) is 0 Å². The van der Waals surface area contributed by atoms with Crippen LogP contribution in [-0.4, -0.2) is 0 Å². The fourth-order valence-corrected chi connectivity index (χ4v) is 8.67. The first kappa shape index (κ1) is 18.7. The fourth-order valence-electron chi connectivity index (χ4n) is 8.67. The highest BCUT2D eigenvalue weighted by atomic mass is 14.6. The van der Waals surface area contributed by atoms with Crippen LogP contribution in [0.1, 0.15) is 95.1 Å². The van der Waals surface area contributed by atoms with E-state index in [1.165, 1.54) is 69.8 Å². The number of hydrogen-bond acceptors (Lipinski definition) is 1. The Bertz CT molecular complexity index is 760. The summed E-state index contributed by atoms with van der Waals surface area (Å²) in [4.78, 5) is 0. The van der Waals surface area contributed by atoms with Gasteiger partial charge >= 0.3 is 0 Å². The van der Waals surface area contributed by atoms with E-state index in [0.29, 0.717) is 11.3 Å². The molecular formula is C27H37N. The number of nitrogens with zero attached hydrogens (tertiary/aromatic N) is 1. The maximum Gasteiger partial charge on any atom is 0.0991 e. The Labute approximate surface area is 171 Å². The van der Waals surface area contributed by atoms with Crippen molar-refractivity contribution in [2.75, 3.05) is 0 Å². The van der Waals surface area contributed by atoms with Gasteiger partial charge in [0.1, 0.15) is 0 Å². The summed E-state index contributed by atoms with van der Waals surface area (Å²) in [5, 5.41) is 9.37. The van der Waals surface area contributed by atoms with Crippen LogP contribution < -0.4 is 0 Å². The van der Waals surface area contributed by atoms with Crippen molar-refractivity contribution in [2.24, 2.45) is 40.9 Å². The Kier molecular flexibility index (Phi) is 4.81. The summed E-state index contributed by atoms with van der Waals surface area (Å²) in [5.74, 6) is 6.61. The van der Waals surface area contributed by atoms with E-state index in [1.54, 1.807) is 0 Å². The molecule has 1 aromatic rings. The number of hydrogen-bond donors (Lipinski definition) is 0. The van der Waals surface area contributed by atoms with E-state index in [-0.39, 0.29) is 0 Å². The van der Waals surface area contributed by atoms with Crippen LogP contribution in [0.4, 0.5) is 0 Å². The van der Waals surface area contributed by atoms with E-state index in [2.05, 4.69) is 38.1 Å². The SMILES string of the molecule is CC1CCC2C3CCC4(C)C(c5cccc(C#N)c5)CCC4C3CCC[C@H]2C1. The molecule has 0 heterocycles. The molecule has 8 atom stereocenters. The zero-order valence-corrected chi connectivity index (χ0v) is 17.9. The van der Waals surface area contributed by atoms with Crippen molar-refractivity contribution in [1.29, 1.82) is 5.26 Å².